The van der Waals surface area contributed by atoms with Gasteiger partial charge in [-0.25, -0.2) is 0 Å². The minimum atomic E-state index is 0.269. The van der Waals surface area contributed by atoms with E-state index in [2.05, 4.69) is 16.7 Å². The molecule has 3 aliphatic rings. The third kappa shape index (κ3) is 1.91. The van der Waals surface area contributed by atoms with Crippen molar-refractivity contribution in [3.8, 4) is 0 Å². The predicted octanol–water partition coefficient (Wildman–Crippen LogP) is 0.130. The molecule has 0 radical (unpaired) electrons. The lowest BCUT2D eigenvalue weighted by atomic mass is 9.77. The molecule has 2 N–H and O–H groups in total. The van der Waals surface area contributed by atoms with E-state index in [1.54, 1.807) is 0 Å². The fourth-order valence-corrected chi connectivity index (χ4v) is 4.07. The third-order valence-electron chi connectivity index (χ3n) is 5.12. The standard InChI is InChI=1S/C13H25N3O/c1-11-8-16(6-7-17-11)13(10-14)3-5-15-4-2-12(13)9-15/h11-12H,2-10,14H2,1H3. The molecule has 0 aromatic rings. The van der Waals surface area contributed by atoms with Crippen molar-refractivity contribution in [2.75, 3.05) is 45.9 Å². The van der Waals surface area contributed by atoms with Crippen molar-refractivity contribution in [3.05, 3.63) is 0 Å². The molecule has 0 saturated carbocycles. The first-order chi connectivity index (χ1) is 8.24. The van der Waals surface area contributed by atoms with Gasteiger partial charge < -0.3 is 15.4 Å². The van der Waals surface area contributed by atoms with E-state index in [0.29, 0.717) is 6.10 Å². The second-order valence-corrected chi connectivity index (χ2v) is 5.97. The Bertz CT molecular complexity index is 286. The van der Waals surface area contributed by atoms with Crippen molar-refractivity contribution in [2.24, 2.45) is 11.7 Å². The zero-order chi connectivity index (χ0) is 11.9. The van der Waals surface area contributed by atoms with Gasteiger partial charge in [0.1, 0.15) is 0 Å². The first-order valence-electron chi connectivity index (χ1n) is 7.04. The van der Waals surface area contributed by atoms with Gasteiger partial charge in [-0.1, -0.05) is 0 Å². The number of hydrogen-bond donors (Lipinski definition) is 1. The summed E-state index contributed by atoms with van der Waals surface area (Å²) in [5.41, 5.74) is 6.47. The van der Waals surface area contributed by atoms with Crippen LogP contribution in [0.2, 0.25) is 0 Å². The summed E-state index contributed by atoms with van der Waals surface area (Å²) >= 11 is 0. The Kier molecular flexibility index (Phi) is 3.15. The van der Waals surface area contributed by atoms with E-state index in [-0.39, 0.29) is 5.54 Å². The lowest BCUT2D eigenvalue weighted by Gasteiger charge is -2.52. The number of hydrogen-bond acceptors (Lipinski definition) is 4. The quantitative estimate of drug-likeness (QED) is 0.744. The highest BCUT2D eigenvalue weighted by Gasteiger charge is 2.49. The maximum atomic E-state index is 6.20. The topological polar surface area (TPSA) is 41.7 Å². The highest BCUT2D eigenvalue weighted by Crippen LogP contribution is 2.39. The second kappa shape index (κ2) is 4.50. The van der Waals surface area contributed by atoms with Gasteiger partial charge in [0.15, 0.2) is 0 Å². The van der Waals surface area contributed by atoms with E-state index in [9.17, 15) is 0 Å². The summed E-state index contributed by atoms with van der Waals surface area (Å²) in [7, 11) is 0. The van der Waals surface area contributed by atoms with Crippen LogP contribution >= 0.6 is 0 Å². The summed E-state index contributed by atoms with van der Waals surface area (Å²) in [5.74, 6) is 0.784. The first-order valence-corrected chi connectivity index (χ1v) is 7.04. The van der Waals surface area contributed by atoms with Crippen LogP contribution in [0.5, 0.6) is 0 Å². The molecule has 98 valence electrons. The van der Waals surface area contributed by atoms with Gasteiger partial charge in [-0.05, 0) is 38.8 Å². The number of ether oxygens (including phenoxy) is 1. The van der Waals surface area contributed by atoms with Crippen LogP contribution in [0.3, 0.4) is 0 Å². The normalized spacial score (nSPS) is 47.3. The molecular formula is C13H25N3O. The van der Waals surface area contributed by atoms with Crippen LogP contribution in [0, 0.1) is 5.92 Å². The molecule has 3 heterocycles. The van der Waals surface area contributed by atoms with Crippen molar-refractivity contribution in [3.63, 3.8) is 0 Å². The van der Waals surface area contributed by atoms with E-state index in [1.165, 1.54) is 32.5 Å². The molecule has 3 fully saturated rings. The Hall–Kier alpha value is -0.160. The van der Waals surface area contributed by atoms with E-state index in [4.69, 9.17) is 10.5 Å². The Balaban J connectivity index is 1.80. The van der Waals surface area contributed by atoms with E-state index < -0.39 is 0 Å². The average molecular weight is 239 g/mol. The smallest absolute Gasteiger partial charge is 0.0674 e. The summed E-state index contributed by atoms with van der Waals surface area (Å²) in [6.45, 7) is 9.79. The summed E-state index contributed by atoms with van der Waals surface area (Å²) < 4.78 is 5.67. The van der Waals surface area contributed by atoms with Crippen LogP contribution < -0.4 is 5.73 Å². The van der Waals surface area contributed by atoms with Crippen LogP contribution in [0.4, 0.5) is 0 Å². The molecule has 0 aromatic heterocycles. The van der Waals surface area contributed by atoms with Crippen molar-refractivity contribution < 1.29 is 4.74 Å². The fraction of sp³-hybridized carbons (Fsp3) is 1.00. The van der Waals surface area contributed by atoms with Crippen molar-refractivity contribution in [1.82, 2.24) is 9.80 Å². The van der Waals surface area contributed by atoms with Gasteiger partial charge in [-0.3, -0.25) is 4.90 Å². The van der Waals surface area contributed by atoms with Crippen LogP contribution in [-0.2, 0) is 4.74 Å². The first kappa shape index (κ1) is 11.9. The number of piperidine rings is 1. The second-order valence-electron chi connectivity index (χ2n) is 5.97. The van der Waals surface area contributed by atoms with Gasteiger partial charge in [-0.15, -0.1) is 0 Å². The molecule has 3 aliphatic heterocycles. The van der Waals surface area contributed by atoms with Crippen molar-refractivity contribution >= 4 is 0 Å². The summed E-state index contributed by atoms with van der Waals surface area (Å²) in [5, 5.41) is 0. The van der Waals surface area contributed by atoms with Crippen LogP contribution in [0.25, 0.3) is 0 Å². The molecule has 4 nitrogen and oxygen atoms in total. The predicted molar refractivity (Wildman–Crippen MR) is 67.9 cm³/mol. The Morgan fingerprint density at radius 3 is 2.94 bits per heavy atom. The highest BCUT2D eigenvalue weighted by atomic mass is 16.5. The van der Waals surface area contributed by atoms with Crippen LogP contribution in [0.1, 0.15) is 19.8 Å². The molecule has 4 atom stereocenters. The maximum Gasteiger partial charge on any atom is 0.0674 e. The molecule has 0 amide bonds. The number of fused-ring (bicyclic) bond motifs is 2. The minimum absolute atomic E-state index is 0.269. The van der Waals surface area contributed by atoms with Crippen LogP contribution in [-0.4, -0.2) is 67.3 Å². The molecular weight excluding hydrogens is 214 g/mol. The molecule has 17 heavy (non-hydrogen) atoms. The van der Waals surface area contributed by atoms with E-state index in [0.717, 1.165) is 32.2 Å². The fourth-order valence-electron chi connectivity index (χ4n) is 4.07. The highest BCUT2D eigenvalue weighted by molar-refractivity contribution is 5.05. The zero-order valence-corrected chi connectivity index (χ0v) is 10.9. The molecule has 3 saturated heterocycles. The molecule has 0 spiro atoms. The molecule has 3 rings (SSSR count). The number of morpholine rings is 1. The van der Waals surface area contributed by atoms with Crippen LogP contribution in [0.15, 0.2) is 0 Å². The summed E-state index contributed by atoms with van der Waals surface area (Å²) in [4.78, 5) is 5.25. The lowest BCUT2D eigenvalue weighted by molar-refractivity contribution is -0.0867. The van der Waals surface area contributed by atoms with Gasteiger partial charge in [0.25, 0.3) is 0 Å². The van der Waals surface area contributed by atoms with Gasteiger partial charge in [0.2, 0.25) is 0 Å². The monoisotopic (exact) mass is 239 g/mol. The van der Waals surface area contributed by atoms with Gasteiger partial charge in [0.05, 0.1) is 12.7 Å². The molecule has 0 aliphatic carbocycles. The van der Waals surface area contributed by atoms with Crippen molar-refractivity contribution in [2.45, 2.75) is 31.4 Å². The van der Waals surface area contributed by atoms with E-state index >= 15 is 0 Å². The number of nitrogens with two attached hydrogens (primary N) is 1. The number of rotatable bonds is 2. The Morgan fingerprint density at radius 1 is 1.29 bits per heavy atom. The van der Waals surface area contributed by atoms with E-state index in [1.807, 2.05) is 0 Å². The minimum Gasteiger partial charge on any atom is -0.376 e. The van der Waals surface area contributed by atoms with Gasteiger partial charge in [0, 0.05) is 31.7 Å². The lowest BCUT2D eigenvalue weighted by Crippen LogP contribution is -2.65. The molecule has 2 bridgehead atoms. The Labute approximate surface area is 104 Å². The zero-order valence-electron chi connectivity index (χ0n) is 10.9. The van der Waals surface area contributed by atoms with Gasteiger partial charge in [-0.2, -0.15) is 0 Å². The number of nitrogens with zero attached hydrogens (tertiary/aromatic N) is 2. The van der Waals surface area contributed by atoms with Crippen molar-refractivity contribution in [1.29, 1.82) is 0 Å². The SMILES string of the molecule is CC1CN(C2(CN)CCN3CCC2C3)CCO1. The molecule has 4 heteroatoms. The Morgan fingerprint density at radius 2 is 2.18 bits per heavy atom. The summed E-state index contributed by atoms with van der Waals surface area (Å²) in [6, 6.07) is 0. The third-order valence-corrected chi connectivity index (χ3v) is 5.12. The maximum absolute atomic E-state index is 6.20. The molecule has 0 aromatic carbocycles. The molecule has 4 unspecified atom stereocenters. The largest absolute Gasteiger partial charge is 0.376 e. The summed E-state index contributed by atoms with van der Waals surface area (Å²) in [6.07, 6.45) is 2.95. The van der Waals surface area contributed by atoms with Gasteiger partial charge >= 0.3 is 0 Å². The average Bonchev–Trinajstić information content (AvgIpc) is 2.74.